The number of nitrogens with one attached hydrogen (secondary N) is 1. The minimum Gasteiger partial charge on any atom is -0.454 e. The number of hydrogen-bond donors (Lipinski definition) is 1. The van der Waals surface area contributed by atoms with Gasteiger partial charge in [0.2, 0.25) is 6.79 Å². The summed E-state index contributed by atoms with van der Waals surface area (Å²) in [5.74, 6) is 1.32. The second-order valence-corrected chi connectivity index (χ2v) is 6.09. The molecule has 0 aromatic heterocycles. The van der Waals surface area contributed by atoms with Gasteiger partial charge in [-0.2, -0.15) is 0 Å². The summed E-state index contributed by atoms with van der Waals surface area (Å²) in [5.41, 5.74) is 1.05. The molecule has 0 bridgehead atoms. The third-order valence-electron chi connectivity index (χ3n) is 4.46. The minimum atomic E-state index is -0.0371. The Morgan fingerprint density at radius 2 is 2.00 bits per heavy atom. The monoisotopic (exact) mass is 275 g/mol. The molecule has 4 nitrogen and oxygen atoms in total. The van der Waals surface area contributed by atoms with Crippen LogP contribution in [0.15, 0.2) is 18.2 Å². The van der Waals surface area contributed by atoms with E-state index >= 15 is 0 Å². The van der Waals surface area contributed by atoms with Crippen molar-refractivity contribution < 1.29 is 14.3 Å². The van der Waals surface area contributed by atoms with E-state index in [1.54, 1.807) is 18.2 Å². The maximum atomic E-state index is 12.1. The molecule has 2 aliphatic rings. The Morgan fingerprint density at radius 1 is 1.25 bits per heavy atom. The van der Waals surface area contributed by atoms with Gasteiger partial charge in [0.1, 0.15) is 0 Å². The molecule has 1 aliphatic heterocycles. The van der Waals surface area contributed by atoms with Gasteiger partial charge >= 0.3 is 0 Å². The van der Waals surface area contributed by atoms with Crippen LogP contribution in [0.3, 0.4) is 0 Å². The molecule has 20 heavy (non-hydrogen) atoms. The van der Waals surface area contributed by atoms with Gasteiger partial charge in [0.25, 0.3) is 5.91 Å². The summed E-state index contributed by atoms with van der Waals surface area (Å²) < 4.78 is 10.5. The van der Waals surface area contributed by atoms with Gasteiger partial charge in [0.15, 0.2) is 11.5 Å². The molecular formula is C16H21NO3. The molecule has 0 saturated heterocycles. The molecule has 1 amide bonds. The number of ether oxygens (including phenoxy) is 2. The highest BCUT2D eigenvalue weighted by molar-refractivity contribution is 5.94. The number of benzene rings is 1. The fourth-order valence-corrected chi connectivity index (χ4v) is 3.10. The van der Waals surface area contributed by atoms with Crippen LogP contribution < -0.4 is 14.8 Å². The molecule has 3 rings (SSSR count). The van der Waals surface area contributed by atoms with Gasteiger partial charge < -0.3 is 14.8 Å². The van der Waals surface area contributed by atoms with E-state index in [0.29, 0.717) is 22.5 Å². The predicted molar refractivity (Wildman–Crippen MR) is 76.1 cm³/mol. The lowest BCUT2D eigenvalue weighted by atomic mass is 9.85. The molecule has 1 N–H and O–H groups in total. The van der Waals surface area contributed by atoms with Gasteiger partial charge in [-0.3, -0.25) is 4.79 Å². The first-order valence-corrected chi connectivity index (χ1v) is 7.34. The Morgan fingerprint density at radius 3 is 2.80 bits per heavy atom. The molecule has 1 aliphatic carbocycles. The molecule has 108 valence electrons. The molecular weight excluding hydrogens is 254 g/mol. The van der Waals surface area contributed by atoms with Crippen molar-refractivity contribution >= 4 is 5.91 Å². The van der Waals surface area contributed by atoms with E-state index in [2.05, 4.69) is 12.2 Å². The lowest BCUT2D eigenvalue weighted by Crippen LogP contribution is -2.28. The lowest BCUT2D eigenvalue weighted by Gasteiger charge is -2.23. The predicted octanol–water partition coefficient (Wildman–Crippen LogP) is 3.12. The van der Waals surface area contributed by atoms with Crippen molar-refractivity contribution in [1.29, 1.82) is 0 Å². The number of amides is 1. The molecule has 1 heterocycles. The van der Waals surface area contributed by atoms with E-state index in [4.69, 9.17) is 9.47 Å². The van der Waals surface area contributed by atoms with Crippen molar-refractivity contribution in [2.45, 2.75) is 39.0 Å². The molecule has 4 heteroatoms. The molecule has 1 aromatic carbocycles. The third-order valence-corrected chi connectivity index (χ3v) is 4.46. The van der Waals surface area contributed by atoms with Crippen LogP contribution >= 0.6 is 0 Å². The first kappa shape index (κ1) is 13.3. The Bertz CT molecular complexity index is 506. The second kappa shape index (κ2) is 5.35. The summed E-state index contributed by atoms with van der Waals surface area (Å²) in [4.78, 5) is 12.1. The van der Waals surface area contributed by atoms with Crippen molar-refractivity contribution in [2.24, 2.45) is 5.41 Å². The van der Waals surface area contributed by atoms with Gasteiger partial charge in [-0.05, 0) is 42.9 Å². The summed E-state index contributed by atoms with van der Waals surface area (Å²) in [6.45, 7) is 3.30. The fraction of sp³-hybridized carbons (Fsp3) is 0.562. The first-order valence-electron chi connectivity index (χ1n) is 7.34. The van der Waals surface area contributed by atoms with E-state index in [-0.39, 0.29) is 12.7 Å². The zero-order valence-corrected chi connectivity index (χ0v) is 11.9. The summed E-state index contributed by atoms with van der Waals surface area (Å²) >= 11 is 0. The van der Waals surface area contributed by atoms with Gasteiger partial charge in [-0.25, -0.2) is 0 Å². The van der Waals surface area contributed by atoms with Crippen molar-refractivity contribution in [3.05, 3.63) is 23.8 Å². The summed E-state index contributed by atoms with van der Waals surface area (Å²) in [7, 11) is 0. The van der Waals surface area contributed by atoms with Crippen LogP contribution in [0.1, 0.15) is 49.4 Å². The van der Waals surface area contributed by atoms with Gasteiger partial charge in [0.05, 0.1) is 0 Å². The first-order chi connectivity index (χ1) is 9.66. The van der Waals surface area contributed by atoms with Crippen molar-refractivity contribution in [2.75, 3.05) is 13.3 Å². The van der Waals surface area contributed by atoms with Crippen molar-refractivity contribution in [3.63, 3.8) is 0 Å². The van der Waals surface area contributed by atoms with Crippen LogP contribution in [0.5, 0.6) is 11.5 Å². The average molecular weight is 275 g/mol. The molecule has 1 fully saturated rings. The topological polar surface area (TPSA) is 47.6 Å². The van der Waals surface area contributed by atoms with E-state index in [0.717, 1.165) is 13.0 Å². The van der Waals surface area contributed by atoms with Crippen LogP contribution in [0.4, 0.5) is 0 Å². The Hall–Kier alpha value is -1.71. The number of carbonyl (C=O) groups is 1. The molecule has 1 aromatic rings. The number of rotatable bonds is 4. The maximum Gasteiger partial charge on any atom is 0.251 e. The van der Waals surface area contributed by atoms with E-state index < -0.39 is 0 Å². The molecule has 1 saturated carbocycles. The zero-order chi connectivity index (χ0) is 14.0. The highest BCUT2D eigenvalue weighted by Crippen LogP contribution is 2.40. The van der Waals surface area contributed by atoms with E-state index in [1.807, 2.05) is 0 Å². The largest absolute Gasteiger partial charge is 0.454 e. The van der Waals surface area contributed by atoms with Crippen LogP contribution in [0.2, 0.25) is 0 Å². The van der Waals surface area contributed by atoms with Crippen LogP contribution in [-0.4, -0.2) is 19.2 Å². The molecule has 0 spiro atoms. The van der Waals surface area contributed by atoms with Crippen LogP contribution in [-0.2, 0) is 0 Å². The number of carbonyl (C=O) groups excluding carboxylic acids is 1. The van der Waals surface area contributed by atoms with E-state index in [1.165, 1.54) is 25.7 Å². The lowest BCUT2D eigenvalue weighted by molar-refractivity contribution is 0.0947. The summed E-state index contributed by atoms with van der Waals surface area (Å²) in [6.07, 6.45) is 6.28. The standard InChI is InChI=1S/C16H21NO3/c1-16(6-2-3-7-16)8-9-17-15(18)12-4-5-13-14(10-12)20-11-19-13/h4-5,10H,2-3,6-9,11H2,1H3,(H,17,18). The summed E-state index contributed by atoms with van der Waals surface area (Å²) in [6, 6.07) is 5.31. The number of fused-ring (bicyclic) bond motifs is 1. The Balaban J connectivity index is 1.54. The molecule has 0 radical (unpaired) electrons. The maximum absolute atomic E-state index is 12.1. The van der Waals surface area contributed by atoms with Gasteiger partial charge in [0, 0.05) is 12.1 Å². The molecule has 0 atom stereocenters. The van der Waals surface area contributed by atoms with E-state index in [9.17, 15) is 4.79 Å². The molecule has 0 unspecified atom stereocenters. The van der Waals surface area contributed by atoms with Crippen molar-refractivity contribution in [1.82, 2.24) is 5.32 Å². The second-order valence-electron chi connectivity index (χ2n) is 6.09. The Labute approximate surface area is 119 Å². The van der Waals surface area contributed by atoms with Crippen molar-refractivity contribution in [3.8, 4) is 11.5 Å². The zero-order valence-electron chi connectivity index (χ0n) is 11.9. The highest BCUT2D eigenvalue weighted by Gasteiger charge is 2.28. The normalized spacial score (nSPS) is 19.1. The van der Waals surface area contributed by atoms with Gasteiger partial charge in [-0.1, -0.05) is 19.8 Å². The fourth-order valence-electron chi connectivity index (χ4n) is 3.10. The SMILES string of the molecule is CC1(CCNC(=O)c2ccc3c(c2)OCO3)CCCC1. The van der Waals surface area contributed by atoms with Crippen LogP contribution in [0.25, 0.3) is 0 Å². The Kier molecular flexibility index (Phi) is 3.55. The smallest absolute Gasteiger partial charge is 0.251 e. The average Bonchev–Trinajstić information content (AvgIpc) is 3.06. The number of hydrogen-bond acceptors (Lipinski definition) is 3. The van der Waals surface area contributed by atoms with Gasteiger partial charge in [-0.15, -0.1) is 0 Å². The quantitative estimate of drug-likeness (QED) is 0.918. The highest BCUT2D eigenvalue weighted by atomic mass is 16.7. The van der Waals surface area contributed by atoms with Crippen LogP contribution in [0, 0.1) is 5.41 Å². The third kappa shape index (κ3) is 2.74. The minimum absolute atomic E-state index is 0.0371. The summed E-state index contributed by atoms with van der Waals surface area (Å²) in [5, 5.41) is 3.01.